The predicted octanol–water partition coefficient (Wildman–Crippen LogP) is 5.83. The van der Waals surface area contributed by atoms with Gasteiger partial charge in [-0.05, 0) is 61.6 Å². The van der Waals surface area contributed by atoms with Crippen molar-refractivity contribution in [3.63, 3.8) is 0 Å². The minimum atomic E-state index is 0.328. The van der Waals surface area contributed by atoms with Gasteiger partial charge in [0.05, 0.1) is 0 Å². The molecule has 0 amide bonds. The lowest BCUT2D eigenvalue weighted by molar-refractivity contribution is 0.758. The molecule has 0 fully saturated rings. The summed E-state index contributed by atoms with van der Waals surface area (Å²) in [5, 5.41) is 0.768. The number of aryl methyl sites for hydroxylation is 3. The van der Waals surface area contributed by atoms with Gasteiger partial charge in [-0.25, -0.2) is 0 Å². The molecule has 2 aromatic rings. The Morgan fingerprint density at radius 1 is 0.950 bits per heavy atom. The van der Waals surface area contributed by atoms with Gasteiger partial charge in [0, 0.05) is 16.8 Å². The molecule has 0 N–H and O–H groups in total. The highest BCUT2D eigenvalue weighted by Gasteiger charge is 2.14. The minimum Gasteiger partial charge on any atom is -0.126 e. The van der Waals surface area contributed by atoms with Crippen molar-refractivity contribution in [2.45, 2.75) is 33.1 Å². The Kier molecular flexibility index (Phi) is 5.12. The van der Waals surface area contributed by atoms with E-state index in [-0.39, 0.29) is 0 Å². The van der Waals surface area contributed by atoms with Gasteiger partial charge in [-0.2, -0.15) is 0 Å². The SMILES string of the molecule is Cc1cc(C)c(CC(CCl)c2ccc(Cl)cc2)c(C)c1. The van der Waals surface area contributed by atoms with Crippen LogP contribution in [0.5, 0.6) is 0 Å². The molecular formula is C18H20Cl2. The van der Waals surface area contributed by atoms with Crippen molar-refractivity contribution in [2.24, 2.45) is 0 Å². The molecule has 20 heavy (non-hydrogen) atoms. The first-order chi connectivity index (χ1) is 9.51. The number of hydrogen-bond donors (Lipinski definition) is 0. The Labute approximate surface area is 131 Å². The second-order valence-corrected chi connectivity index (χ2v) is 6.23. The first-order valence-electron chi connectivity index (χ1n) is 6.89. The van der Waals surface area contributed by atoms with Crippen LogP contribution >= 0.6 is 23.2 Å². The largest absolute Gasteiger partial charge is 0.126 e. The predicted molar refractivity (Wildman–Crippen MR) is 89.3 cm³/mol. The average Bonchev–Trinajstić information content (AvgIpc) is 2.39. The molecule has 0 saturated heterocycles. The summed E-state index contributed by atoms with van der Waals surface area (Å²) < 4.78 is 0. The summed E-state index contributed by atoms with van der Waals surface area (Å²) in [5.41, 5.74) is 6.69. The van der Waals surface area contributed by atoms with Gasteiger partial charge in [-0.3, -0.25) is 0 Å². The van der Waals surface area contributed by atoms with E-state index in [0.29, 0.717) is 11.8 Å². The number of alkyl halides is 1. The van der Waals surface area contributed by atoms with E-state index in [0.717, 1.165) is 11.4 Å². The third-order valence-corrected chi connectivity index (χ3v) is 4.44. The molecule has 0 aliphatic rings. The van der Waals surface area contributed by atoms with E-state index in [1.807, 2.05) is 12.1 Å². The van der Waals surface area contributed by atoms with Gasteiger partial charge in [0.1, 0.15) is 0 Å². The Balaban J connectivity index is 2.29. The fourth-order valence-corrected chi connectivity index (χ4v) is 3.19. The average molecular weight is 307 g/mol. The maximum absolute atomic E-state index is 6.19. The lowest BCUT2D eigenvalue weighted by Crippen LogP contribution is -2.07. The molecule has 0 heterocycles. The van der Waals surface area contributed by atoms with E-state index in [1.54, 1.807) is 0 Å². The summed E-state index contributed by atoms with van der Waals surface area (Å²) in [6.45, 7) is 6.51. The zero-order valence-corrected chi connectivity index (χ0v) is 13.7. The van der Waals surface area contributed by atoms with Crippen LogP contribution in [0.2, 0.25) is 5.02 Å². The molecule has 0 aromatic heterocycles. The van der Waals surface area contributed by atoms with Crippen LogP contribution in [0.4, 0.5) is 0 Å². The number of halogens is 2. The maximum atomic E-state index is 6.19. The maximum Gasteiger partial charge on any atom is 0.0406 e. The van der Waals surface area contributed by atoms with E-state index in [4.69, 9.17) is 23.2 Å². The van der Waals surface area contributed by atoms with Crippen LogP contribution in [0.25, 0.3) is 0 Å². The summed E-state index contributed by atoms with van der Waals surface area (Å²) in [6.07, 6.45) is 0.975. The third kappa shape index (κ3) is 3.56. The monoisotopic (exact) mass is 306 g/mol. The summed E-state index contributed by atoms with van der Waals surface area (Å²) >= 11 is 12.1. The minimum absolute atomic E-state index is 0.328. The van der Waals surface area contributed by atoms with Crippen LogP contribution in [0.3, 0.4) is 0 Å². The summed E-state index contributed by atoms with van der Waals surface area (Å²) in [7, 11) is 0. The number of benzene rings is 2. The standard InChI is InChI=1S/C18H20Cl2/c1-12-8-13(2)18(14(3)9-12)10-16(11-19)15-4-6-17(20)7-5-15/h4-9,16H,10-11H2,1-3H3. The lowest BCUT2D eigenvalue weighted by atomic mass is 9.88. The van der Waals surface area contributed by atoms with Gasteiger partial charge in [0.25, 0.3) is 0 Å². The van der Waals surface area contributed by atoms with Crippen LogP contribution in [-0.4, -0.2) is 5.88 Å². The van der Waals surface area contributed by atoms with Gasteiger partial charge in [0.15, 0.2) is 0 Å². The van der Waals surface area contributed by atoms with Crippen molar-refractivity contribution in [2.75, 3.05) is 5.88 Å². The zero-order valence-electron chi connectivity index (χ0n) is 12.2. The molecule has 2 aromatic carbocycles. The Morgan fingerprint density at radius 2 is 1.50 bits per heavy atom. The van der Waals surface area contributed by atoms with Gasteiger partial charge < -0.3 is 0 Å². The quantitative estimate of drug-likeness (QED) is 0.623. The summed E-state index contributed by atoms with van der Waals surface area (Å²) in [5.74, 6) is 0.947. The van der Waals surface area contributed by atoms with Gasteiger partial charge >= 0.3 is 0 Å². The molecule has 0 nitrogen and oxygen atoms in total. The molecule has 0 aliphatic heterocycles. The molecule has 2 heteroatoms. The fraction of sp³-hybridized carbons (Fsp3) is 0.333. The first-order valence-corrected chi connectivity index (χ1v) is 7.80. The Morgan fingerprint density at radius 3 is 2.00 bits per heavy atom. The van der Waals surface area contributed by atoms with Crippen molar-refractivity contribution in [1.29, 1.82) is 0 Å². The van der Waals surface area contributed by atoms with Gasteiger partial charge in [-0.1, -0.05) is 41.4 Å². The van der Waals surface area contributed by atoms with E-state index < -0.39 is 0 Å². The second kappa shape index (κ2) is 6.65. The second-order valence-electron chi connectivity index (χ2n) is 5.48. The molecule has 1 unspecified atom stereocenters. The lowest BCUT2D eigenvalue weighted by Gasteiger charge is -2.18. The highest BCUT2D eigenvalue weighted by molar-refractivity contribution is 6.30. The van der Waals surface area contributed by atoms with Crippen LogP contribution < -0.4 is 0 Å². The van der Waals surface area contributed by atoms with Gasteiger partial charge in [-0.15, -0.1) is 11.6 Å². The van der Waals surface area contributed by atoms with E-state index >= 15 is 0 Å². The normalized spacial score (nSPS) is 12.4. The van der Waals surface area contributed by atoms with E-state index in [9.17, 15) is 0 Å². The molecule has 0 aliphatic carbocycles. The van der Waals surface area contributed by atoms with Crippen LogP contribution in [0.1, 0.15) is 33.7 Å². The van der Waals surface area contributed by atoms with Crippen molar-refractivity contribution in [3.8, 4) is 0 Å². The molecule has 0 bridgehead atoms. The molecule has 0 saturated carbocycles. The summed E-state index contributed by atoms with van der Waals surface area (Å²) in [4.78, 5) is 0. The first kappa shape index (κ1) is 15.4. The molecule has 2 rings (SSSR count). The van der Waals surface area contributed by atoms with E-state index in [1.165, 1.54) is 27.8 Å². The molecule has 1 atom stereocenters. The number of hydrogen-bond acceptors (Lipinski definition) is 0. The zero-order chi connectivity index (χ0) is 14.7. The van der Waals surface area contributed by atoms with Gasteiger partial charge in [0.2, 0.25) is 0 Å². The number of rotatable bonds is 4. The van der Waals surface area contributed by atoms with Crippen molar-refractivity contribution >= 4 is 23.2 Å². The Bertz CT molecular complexity index is 562. The van der Waals surface area contributed by atoms with E-state index in [2.05, 4.69) is 45.0 Å². The van der Waals surface area contributed by atoms with Crippen LogP contribution in [-0.2, 0) is 6.42 Å². The van der Waals surface area contributed by atoms with Crippen molar-refractivity contribution in [1.82, 2.24) is 0 Å². The van der Waals surface area contributed by atoms with Crippen LogP contribution in [0, 0.1) is 20.8 Å². The highest BCUT2D eigenvalue weighted by Crippen LogP contribution is 2.27. The molecular weight excluding hydrogens is 287 g/mol. The third-order valence-electron chi connectivity index (χ3n) is 3.82. The molecule has 0 spiro atoms. The summed E-state index contributed by atoms with van der Waals surface area (Å²) in [6, 6.07) is 12.5. The molecule has 106 valence electrons. The highest BCUT2D eigenvalue weighted by atomic mass is 35.5. The topological polar surface area (TPSA) is 0 Å². The van der Waals surface area contributed by atoms with Crippen molar-refractivity contribution < 1.29 is 0 Å². The molecule has 0 radical (unpaired) electrons. The van der Waals surface area contributed by atoms with Crippen LogP contribution in [0.15, 0.2) is 36.4 Å². The Hall–Kier alpha value is -0.980. The fourth-order valence-electron chi connectivity index (χ4n) is 2.77. The van der Waals surface area contributed by atoms with Crippen molar-refractivity contribution in [3.05, 3.63) is 69.2 Å². The smallest absolute Gasteiger partial charge is 0.0406 e.